The second-order valence-electron chi connectivity index (χ2n) is 13.3. The number of nitrogens with zero attached hydrogens (tertiary/aromatic N) is 4. The monoisotopic (exact) mass is 713 g/mol. The molecule has 0 saturated carbocycles. The Morgan fingerprint density at radius 2 is 1.64 bits per heavy atom. The number of hydrogen-bond acceptors (Lipinski definition) is 8. The van der Waals surface area contributed by atoms with Gasteiger partial charge in [0.1, 0.15) is 24.1 Å². The van der Waals surface area contributed by atoms with E-state index in [-0.39, 0.29) is 42.4 Å². The van der Waals surface area contributed by atoms with E-state index in [1.165, 1.54) is 23.1 Å². The minimum atomic E-state index is -0.935. The molecule has 2 heterocycles. The van der Waals surface area contributed by atoms with Crippen molar-refractivity contribution in [3.05, 3.63) is 142 Å². The molecule has 3 amide bonds. The maximum atomic E-state index is 14.2. The number of piperazine rings is 1. The van der Waals surface area contributed by atoms with Crippen molar-refractivity contribution in [2.45, 2.75) is 25.6 Å². The maximum Gasteiger partial charge on any atom is 0.311 e. The summed E-state index contributed by atoms with van der Waals surface area (Å²) in [5.41, 5.74) is 2.46. The van der Waals surface area contributed by atoms with Crippen LogP contribution in [0.4, 0.5) is 5.69 Å². The second-order valence-corrected chi connectivity index (χ2v) is 13.3. The fraction of sp³-hybridized carbons (Fsp3) is 0.244. The first-order valence-corrected chi connectivity index (χ1v) is 17.5. The quantitative estimate of drug-likeness (QED) is 0.171. The number of nitro benzene ring substituents is 1. The molecule has 0 spiro atoms. The molecule has 5 aromatic rings. The highest BCUT2D eigenvalue weighted by Crippen LogP contribution is 2.34. The van der Waals surface area contributed by atoms with Gasteiger partial charge in [-0.1, -0.05) is 66.7 Å². The van der Waals surface area contributed by atoms with Crippen molar-refractivity contribution in [3.63, 3.8) is 0 Å². The summed E-state index contributed by atoms with van der Waals surface area (Å²) in [5.74, 6) is -0.262. The highest BCUT2D eigenvalue weighted by molar-refractivity contribution is 5.98. The van der Waals surface area contributed by atoms with E-state index >= 15 is 0 Å². The molecular formula is C41H39N5O7. The molecular weight excluding hydrogens is 674 g/mol. The Morgan fingerprint density at radius 3 is 2.42 bits per heavy atom. The van der Waals surface area contributed by atoms with E-state index in [2.05, 4.69) is 10.2 Å². The third-order valence-electron chi connectivity index (χ3n) is 9.71. The normalized spacial score (nSPS) is 16.7. The van der Waals surface area contributed by atoms with E-state index in [4.69, 9.17) is 9.47 Å². The van der Waals surface area contributed by atoms with Gasteiger partial charge in [-0.2, -0.15) is 0 Å². The zero-order valence-corrected chi connectivity index (χ0v) is 29.3. The average molecular weight is 714 g/mol. The van der Waals surface area contributed by atoms with Crippen LogP contribution in [0.5, 0.6) is 17.2 Å². The van der Waals surface area contributed by atoms with Crippen LogP contribution in [-0.2, 0) is 29.1 Å². The summed E-state index contributed by atoms with van der Waals surface area (Å²) in [4.78, 5) is 59.2. The van der Waals surface area contributed by atoms with Crippen molar-refractivity contribution in [2.75, 3.05) is 39.8 Å². The zero-order valence-electron chi connectivity index (χ0n) is 29.3. The molecule has 0 aromatic heterocycles. The SMILES string of the molecule is COc1ccc(CN2CCN(C(=O)C3Cc4cccc(c4)Oc4cc(ccc4[N+](=O)[O-])C(=O)N(Cc4cccc5ccccc45)CC(=O)N3)CC2)cc1. The minimum Gasteiger partial charge on any atom is -0.497 e. The average Bonchev–Trinajstić information content (AvgIpc) is 3.17. The topological polar surface area (TPSA) is 135 Å². The van der Waals surface area contributed by atoms with E-state index < -0.39 is 22.8 Å². The number of nitrogens with one attached hydrogen (secondary N) is 1. The number of amides is 3. The Labute approximate surface area is 306 Å². The van der Waals surface area contributed by atoms with Crippen LogP contribution in [0.1, 0.15) is 27.0 Å². The van der Waals surface area contributed by atoms with E-state index in [0.29, 0.717) is 37.5 Å². The molecule has 1 atom stereocenters. The molecule has 1 fully saturated rings. The Morgan fingerprint density at radius 1 is 0.887 bits per heavy atom. The van der Waals surface area contributed by atoms with Gasteiger partial charge in [0.25, 0.3) is 5.91 Å². The highest BCUT2D eigenvalue weighted by atomic mass is 16.6. The largest absolute Gasteiger partial charge is 0.497 e. The van der Waals surface area contributed by atoms with Crippen molar-refractivity contribution < 1.29 is 28.8 Å². The number of rotatable bonds is 7. The van der Waals surface area contributed by atoms with Crippen LogP contribution < -0.4 is 14.8 Å². The molecule has 270 valence electrons. The van der Waals surface area contributed by atoms with E-state index in [1.54, 1.807) is 30.2 Å². The Balaban J connectivity index is 1.17. The fourth-order valence-electron chi connectivity index (χ4n) is 6.95. The van der Waals surface area contributed by atoms with E-state index in [9.17, 15) is 24.5 Å². The lowest BCUT2D eigenvalue weighted by atomic mass is 10.0. The lowest BCUT2D eigenvalue weighted by Gasteiger charge is -2.36. The van der Waals surface area contributed by atoms with Gasteiger partial charge in [0.05, 0.1) is 12.0 Å². The van der Waals surface area contributed by atoms with Crippen LogP contribution in [0.25, 0.3) is 10.8 Å². The van der Waals surface area contributed by atoms with Gasteiger partial charge in [-0.05, 0) is 57.8 Å². The summed E-state index contributed by atoms with van der Waals surface area (Å²) >= 11 is 0. The van der Waals surface area contributed by atoms with Gasteiger partial charge < -0.3 is 24.6 Å². The van der Waals surface area contributed by atoms with Crippen LogP contribution in [-0.4, -0.2) is 83.2 Å². The predicted molar refractivity (Wildman–Crippen MR) is 199 cm³/mol. The molecule has 0 radical (unpaired) electrons. The third kappa shape index (κ3) is 8.13. The first-order valence-electron chi connectivity index (χ1n) is 17.5. The lowest BCUT2D eigenvalue weighted by Crippen LogP contribution is -2.56. The van der Waals surface area contributed by atoms with Crippen molar-refractivity contribution in [3.8, 4) is 17.2 Å². The van der Waals surface area contributed by atoms with Crippen LogP contribution >= 0.6 is 0 Å². The van der Waals surface area contributed by atoms with E-state index in [1.807, 2.05) is 72.8 Å². The number of carbonyl (C=O) groups is 3. The molecule has 1 N–H and O–H groups in total. The predicted octanol–water partition coefficient (Wildman–Crippen LogP) is 5.58. The molecule has 5 aromatic carbocycles. The van der Waals surface area contributed by atoms with Gasteiger partial charge in [-0.15, -0.1) is 0 Å². The number of nitro groups is 1. The smallest absolute Gasteiger partial charge is 0.311 e. The first-order chi connectivity index (χ1) is 25.7. The number of ether oxygens (including phenoxy) is 2. The molecule has 2 aliphatic heterocycles. The number of carbonyl (C=O) groups excluding carboxylic acids is 3. The Hall–Kier alpha value is -6.27. The number of benzene rings is 5. The van der Waals surface area contributed by atoms with Crippen LogP contribution in [0.3, 0.4) is 0 Å². The van der Waals surface area contributed by atoms with Gasteiger partial charge in [0.2, 0.25) is 17.6 Å². The molecule has 12 heteroatoms. The molecule has 1 unspecified atom stereocenters. The standard InChI is InChI=1S/C41H39N5O7/c1-52-33-15-12-28(13-16-33)25-43-18-20-44(21-19-43)41(49)36-23-29-6-4-10-34(22-29)53-38-24-31(14-17-37(38)46(50)51)40(48)45(27-39(47)42-36)26-32-9-5-8-30-7-2-3-11-35(30)32/h2-17,22,24,36H,18-21,23,25-27H2,1H3,(H,42,47). The number of fused-ring (bicyclic) bond motifs is 5. The lowest BCUT2D eigenvalue weighted by molar-refractivity contribution is -0.385. The summed E-state index contributed by atoms with van der Waals surface area (Å²) in [5, 5.41) is 16.9. The van der Waals surface area contributed by atoms with Gasteiger partial charge >= 0.3 is 5.69 Å². The highest BCUT2D eigenvalue weighted by Gasteiger charge is 2.31. The third-order valence-corrected chi connectivity index (χ3v) is 9.71. The zero-order chi connectivity index (χ0) is 36.9. The summed E-state index contributed by atoms with van der Waals surface area (Å²) in [6, 6.07) is 31.3. The summed E-state index contributed by atoms with van der Waals surface area (Å²) in [6.45, 7) is 2.74. The fourth-order valence-corrected chi connectivity index (χ4v) is 6.95. The molecule has 53 heavy (non-hydrogen) atoms. The second kappa shape index (κ2) is 15.5. The molecule has 12 nitrogen and oxygen atoms in total. The van der Waals surface area contributed by atoms with Crippen molar-refractivity contribution in [1.29, 1.82) is 0 Å². The maximum absolute atomic E-state index is 14.2. The number of hydrogen-bond donors (Lipinski definition) is 1. The van der Waals surface area contributed by atoms with Crippen molar-refractivity contribution >= 4 is 34.2 Å². The van der Waals surface area contributed by atoms with Gasteiger partial charge in [0.15, 0.2) is 0 Å². The van der Waals surface area contributed by atoms with Gasteiger partial charge in [-0.25, -0.2) is 0 Å². The minimum absolute atomic E-state index is 0.0780. The summed E-state index contributed by atoms with van der Waals surface area (Å²) < 4.78 is 11.3. The van der Waals surface area contributed by atoms with Gasteiger partial charge in [0, 0.05) is 63.4 Å². The van der Waals surface area contributed by atoms with E-state index in [0.717, 1.165) is 34.2 Å². The van der Waals surface area contributed by atoms with Gasteiger partial charge in [-0.3, -0.25) is 29.4 Å². The van der Waals surface area contributed by atoms with Crippen LogP contribution in [0.2, 0.25) is 0 Å². The van der Waals surface area contributed by atoms with Crippen molar-refractivity contribution in [2.24, 2.45) is 0 Å². The molecule has 4 bridgehead atoms. The molecule has 2 aliphatic rings. The molecule has 1 saturated heterocycles. The summed E-state index contributed by atoms with van der Waals surface area (Å²) in [6.07, 6.45) is 0.146. The first kappa shape index (κ1) is 35.1. The summed E-state index contributed by atoms with van der Waals surface area (Å²) in [7, 11) is 1.64. The number of methoxy groups -OCH3 is 1. The Bertz CT molecular complexity index is 2160. The van der Waals surface area contributed by atoms with Crippen LogP contribution in [0, 0.1) is 10.1 Å². The molecule has 0 aliphatic carbocycles. The van der Waals surface area contributed by atoms with Crippen molar-refractivity contribution in [1.82, 2.24) is 20.0 Å². The Kier molecular flexibility index (Phi) is 10.3. The van der Waals surface area contributed by atoms with Crippen LogP contribution in [0.15, 0.2) is 109 Å². The molecule has 7 rings (SSSR count).